The van der Waals surface area contributed by atoms with Crippen molar-refractivity contribution in [1.29, 1.82) is 0 Å². The van der Waals surface area contributed by atoms with Gasteiger partial charge >= 0.3 is 18.2 Å². The van der Waals surface area contributed by atoms with E-state index in [4.69, 9.17) is 15.2 Å². The van der Waals surface area contributed by atoms with E-state index in [1.165, 1.54) is 4.90 Å². The molecule has 4 saturated heterocycles. The van der Waals surface area contributed by atoms with Crippen molar-refractivity contribution in [3.05, 3.63) is 59.7 Å². The Labute approximate surface area is 416 Å². The average molecular weight is 987 g/mol. The number of carbonyl (C=O) groups excluding carboxylic acids is 6. The number of benzene rings is 2. The van der Waals surface area contributed by atoms with Crippen molar-refractivity contribution in [2.24, 2.45) is 5.73 Å². The molecule has 0 saturated carbocycles. The van der Waals surface area contributed by atoms with Crippen molar-refractivity contribution in [2.75, 3.05) is 39.4 Å². The number of urea groups is 2. The van der Waals surface area contributed by atoms with Crippen LogP contribution in [-0.2, 0) is 19.2 Å². The number of hydrogen-bond acceptors (Lipinski definition) is 10. The zero-order valence-electron chi connectivity index (χ0n) is 42.2. The maximum atomic E-state index is 14.2. The summed E-state index contributed by atoms with van der Waals surface area (Å²) in [5.41, 5.74) is 7.16. The molecule has 6 aliphatic rings. The lowest BCUT2D eigenvalue weighted by atomic mass is 9.99. The minimum absolute atomic E-state index is 0.00578. The zero-order chi connectivity index (χ0) is 51.3. The van der Waals surface area contributed by atoms with Gasteiger partial charge in [-0.15, -0.1) is 0 Å². The summed E-state index contributed by atoms with van der Waals surface area (Å²) >= 11 is 0. The zero-order valence-corrected chi connectivity index (χ0v) is 42.2. The van der Waals surface area contributed by atoms with Crippen molar-refractivity contribution >= 4 is 41.8 Å². The second kappa shape index (κ2) is 22.4. The summed E-state index contributed by atoms with van der Waals surface area (Å²) in [4.78, 5) is 99.9. The minimum Gasteiger partial charge on any atom is -0.493 e. The van der Waals surface area contributed by atoms with Crippen molar-refractivity contribution in [3.63, 3.8) is 0 Å². The van der Waals surface area contributed by atoms with Gasteiger partial charge in [0.1, 0.15) is 35.7 Å². The van der Waals surface area contributed by atoms with Crippen molar-refractivity contribution in [2.45, 2.75) is 166 Å². The van der Waals surface area contributed by atoms with E-state index in [2.05, 4.69) is 21.3 Å². The van der Waals surface area contributed by atoms with Crippen LogP contribution in [0.1, 0.15) is 123 Å². The van der Waals surface area contributed by atoms with Crippen LogP contribution < -0.4 is 36.5 Å². The number of amides is 9. The van der Waals surface area contributed by atoms with Gasteiger partial charge in [-0.1, -0.05) is 36.4 Å². The lowest BCUT2D eigenvalue weighted by Gasteiger charge is -2.45. The van der Waals surface area contributed by atoms with E-state index < -0.39 is 41.7 Å². The Hall–Kier alpha value is -6.31. The predicted octanol–water partition coefficient (Wildman–Crippen LogP) is 4.09. The molecule has 0 aromatic heterocycles. The van der Waals surface area contributed by atoms with Crippen LogP contribution in [0.5, 0.6) is 11.5 Å². The molecule has 388 valence electrons. The molecule has 20 heteroatoms. The molecular weight excluding hydrogens is 913 g/mol. The van der Waals surface area contributed by atoms with Crippen LogP contribution in [0.15, 0.2) is 48.5 Å². The van der Waals surface area contributed by atoms with E-state index in [9.17, 15) is 38.7 Å². The van der Waals surface area contributed by atoms with Gasteiger partial charge in [-0.2, -0.15) is 0 Å². The molecule has 9 amide bonds. The van der Waals surface area contributed by atoms with Gasteiger partial charge in [0, 0.05) is 73.3 Å². The number of nitrogens with one attached hydrogen (secondary N) is 4. The first kappa shape index (κ1) is 52.5. The largest absolute Gasteiger partial charge is 0.493 e. The van der Waals surface area contributed by atoms with Crippen molar-refractivity contribution in [1.82, 2.24) is 45.8 Å². The molecule has 8 rings (SSSR count). The van der Waals surface area contributed by atoms with Crippen LogP contribution in [-0.4, -0.2) is 165 Å². The highest BCUT2D eigenvalue weighted by atomic mass is 16.5. The average Bonchev–Trinajstić information content (AvgIpc) is 3.94. The van der Waals surface area contributed by atoms with E-state index in [0.29, 0.717) is 71.2 Å². The molecular formula is C51H74N10O10. The topological polar surface area (TPSA) is 249 Å². The monoisotopic (exact) mass is 987 g/mol. The first-order valence-corrected chi connectivity index (χ1v) is 25.3. The molecule has 6 heterocycles. The molecule has 6 aliphatic heterocycles. The van der Waals surface area contributed by atoms with Gasteiger partial charge in [-0.3, -0.25) is 24.1 Å². The van der Waals surface area contributed by atoms with Crippen LogP contribution in [0.4, 0.5) is 14.4 Å². The predicted molar refractivity (Wildman–Crippen MR) is 263 cm³/mol. The summed E-state index contributed by atoms with van der Waals surface area (Å²) in [6.07, 6.45) is 3.59. The molecule has 2 aromatic carbocycles. The quantitative estimate of drug-likeness (QED) is 0.231. The summed E-state index contributed by atoms with van der Waals surface area (Å²) in [6, 6.07) is 10.7. The molecule has 8 atom stereocenters. The second-order valence-corrected chi connectivity index (χ2v) is 21.1. The lowest BCUT2D eigenvalue weighted by Crippen LogP contribution is -2.65. The standard InChI is InChI=1S/C28H41N5O6.C23H33N5O4/c1-17(2)29-26(36)31-14-12-18-10-11-21(24(34)30-20-13-15-39-23-9-7-6-8-19(20)23)32(18)25(35)22(16-31)33(27(37)38)28(3,4)5;1-14(2)25-23(31)27-11-9-15-7-8-19(28(15)22(30)17(24)13-27)21(29)26-18-10-12-32-20-6-4-3-5-16(18)20/h6-9,17-18,20-22H,10-16H2,1-5H3,(H,29,36)(H,30,34)(H,37,38);3-6,14-15,17-19H,7-13,24H2,1-2H3,(H,25,31)(H,26,29)/t18-,20-,21+,22+;15-,17+,18-,19+/m11/s1. The maximum Gasteiger partial charge on any atom is 0.408 e. The third-order valence-electron chi connectivity index (χ3n) is 14.2. The van der Waals surface area contributed by atoms with Gasteiger partial charge in [-0.05, 0) is 99.1 Å². The third-order valence-corrected chi connectivity index (χ3v) is 14.2. The summed E-state index contributed by atoms with van der Waals surface area (Å²) in [7, 11) is 0. The Morgan fingerprint density at radius 1 is 0.648 bits per heavy atom. The normalized spacial score (nSPS) is 26.3. The number of nitrogens with zero attached hydrogens (tertiary/aromatic N) is 5. The fourth-order valence-corrected chi connectivity index (χ4v) is 10.9. The van der Waals surface area contributed by atoms with Crippen LogP contribution in [0.2, 0.25) is 0 Å². The molecule has 71 heavy (non-hydrogen) atoms. The molecule has 0 unspecified atom stereocenters. The number of para-hydroxylation sites is 2. The summed E-state index contributed by atoms with van der Waals surface area (Å²) in [6.45, 7) is 14.6. The smallest absolute Gasteiger partial charge is 0.408 e. The molecule has 0 bridgehead atoms. The van der Waals surface area contributed by atoms with Gasteiger partial charge in [0.2, 0.25) is 23.6 Å². The van der Waals surface area contributed by atoms with E-state index in [1.54, 1.807) is 35.5 Å². The fourth-order valence-electron chi connectivity index (χ4n) is 10.9. The Morgan fingerprint density at radius 2 is 1.08 bits per heavy atom. The van der Waals surface area contributed by atoms with Crippen LogP contribution in [0, 0.1) is 0 Å². The van der Waals surface area contributed by atoms with Crippen LogP contribution in [0.3, 0.4) is 0 Å². The second-order valence-electron chi connectivity index (χ2n) is 21.1. The highest BCUT2D eigenvalue weighted by Gasteiger charge is 2.50. The molecule has 7 N–H and O–H groups in total. The fraction of sp³-hybridized carbons (Fsp3) is 0.627. The Balaban J connectivity index is 0.000000213. The van der Waals surface area contributed by atoms with E-state index in [0.717, 1.165) is 33.9 Å². The first-order chi connectivity index (χ1) is 33.7. The van der Waals surface area contributed by atoms with Crippen molar-refractivity contribution < 1.29 is 48.1 Å². The summed E-state index contributed by atoms with van der Waals surface area (Å²) in [5.74, 6) is 0.426. The van der Waals surface area contributed by atoms with E-state index in [1.807, 2.05) is 76.2 Å². The van der Waals surface area contributed by atoms with Gasteiger partial charge in [0.05, 0.1) is 31.8 Å². The summed E-state index contributed by atoms with van der Waals surface area (Å²) in [5, 5.41) is 22.2. The Morgan fingerprint density at radius 3 is 1.52 bits per heavy atom. The number of hydrogen-bond donors (Lipinski definition) is 6. The van der Waals surface area contributed by atoms with Gasteiger partial charge in [0.25, 0.3) is 0 Å². The number of ether oxygens (including phenoxy) is 2. The number of fused-ring (bicyclic) bond motifs is 4. The molecule has 0 spiro atoms. The van der Waals surface area contributed by atoms with Gasteiger partial charge in [0.15, 0.2) is 0 Å². The molecule has 20 nitrogen and oxygen atoms in total. The van der Waals surface area contributed by atoms with E-state index >= 15 is 0 Å². The van der Waals surface area contributed by atoms with Crippen molar-refractivity contribution in [3.8, 4) is 11.5 Å². The minimum atomic E-state index is -1.25. The number of rotatable bonds is 7. The number of carboxylic acid groups (broad SMARTS) is 1. The first-order valence-electron chi connectivity index (χ1n) is 25.3. The maximum absolute atomic E-state index is 14.2. The SMILES string of the molecule is CC(C)NC(=O)N1CC[C@H]2CC[C@@H](C(=O)N[C@@H]3CCOc4ccccc43)N2C(=O)[C@@H](N(C(=O)O)C(C)(C)C)C1.CC(C)NC(=O)N1CC[C@H]2CC[C@@H](C(=O)N[C@@H]3CCOc4ccccc43)N2C(=O)[C@@H](N)C1. The van der Waals surface area contributed by atoms with Crippen LogP contribution in [0.25, 0.3) is 0 Å². The van der Waals surface area contributed by atoms with Gasteiger partial charge in [-0.25, -0.2) is 14.4 Å². The molecule has 0 aliphatic carbocycles. The third kappa shape index (κ3) is 12.1. The highest BCUT2D eigenvalue weighted by Crippen LogP contribution is 2.37. The molecule has 2 aromatic rings. The van der Waals surface area contributed by atoms with Crippen LogP contribution >= 0.6 is 0 Å². The Bertz CT molecular complexity index is 2290. The molecule has 0 radical (unpaired) electrons. The highest BCUT2D eigenvalue weighted by molar-refractivity contribution is 5.93. The number of nitrogens with two attached hydrogens (primary N) is 1. The number of carbonyl (C=O) groups is 7. The Kier molecular flexibility index (Phi) is 16.6. The molecule has 4 fully saturated rings. The lowest BCUT2D eigenvalue weighted by molar-refractivity contribution is -0.147. The van der Waals surface area contributed by atoms with E-state index in [-0.39, 0.29) is 79.1 Å². The summed E-state index contributed by atoms with van der Waals surface area (Å²) < 4.78 is 11.4. The van der Waals surface area contributed by atoms with Gasteiger partial charge < -0.3 is 61.2 Å².